The highest BCUT2D eigenvalue weighted by molar-refractivity contribution is 6.30. The summed E-state index contributed by atoms with van der Waals surface area (Å²) in [5.74, 6) is -0.576. The van der Waals surface area contributed by atoms with Gasteiger partial charge in [-0.1, -0.05) is 23.7 Å². The molecule has 0 aliphatic rings. The molecule has 22 heavy (non-hydrogen) atoms. The Balaban J connectivity index is 2.51. The minimum atomic E-state index is -0.401. The standard InChI is InChI=1S/C17H16ClNO3/c1-3-22-17(21)15-9-8-14(19-11(2)20)10-16(15)12-4-6-13(18)7-5-12/h4-10H,3H2,1-2H3,(H,19,20). The van der Waals surface area contributed by atoms with Gasteiger partial charge in [-0.25, -0.2) is 4.79 Å². The van der Waals surface area contributed by atoms with Crippen LogP contribution in [0.1, 0.15) is 24.2 Å². The Morgan fingerprint density at radius 2 is 1.82 bits per heavy atom. The molecule has 0 aliphatic heterocycles. The van der Waals surface area contributed by atoms with Gasteiger partial charge in [-0.2, -0.15) is 0 Å². The number of halogens is 1. The molecule has 0 radical (unpaired) electrons. The van der Waals surface area contributed by atoms with Crippen LogP contribution in [0.4, 0.5) is 5.69 Å². The van der Waals surface area contributed by atoms with E-state index in [-0.39, 0.29) is 5.91 Å². The number of amides is 1. The van der Waals surface area contributed by atoms with Gasteiger partial charge < -0.3 is 10.1 Å². The molecule has 0 bridgehead atoms. The van der Waals surface area contributed by atoms with E-state index in [4.69, 9.17) is 16.3 Å². The summed E-state index contributed by atoms with van der Waals surface area (Å²) >= 11 is 5.90. The van der Waals surface area contributed by atoms with Crippen molar-refractivity contribution in [1.29, 1.82) is 0 Å². The molecule has 2 aromatic rings. The molecule has 1 N–H and O–H groups in total. The summed E-state index contributed by atoms with van der Waals surface area (Å²) in [7, 11) is 0. The van der Waals surface area contributed by atoms with Crippen molar-refractivity contribution in [1.82, 2.24) is 0 Å². The molecule has 0 saturated carbocycles. The van der Waals surface area contributed by atoms with E-state index in [9.17, 15) is 9.59 Å². The summed E-state index contributed by atoms with van der Waals surface area (Å²) in [6.45, 7) is 3.49. The maximum atomic E-state index is 12.1. The molecule has 5 heteroatoms. The first-order valence-electron chi connectivity index (χ1n) is 6.86. The van der Waals surface area contributed by atoms with Crippen molar-refractivity contribution in [2.45, 2.75) is 13.8 Å². The van der Waals surface area contributed by atoms with Crippen molar-refractivity contribution in [2.24, 2.45) is 0 Å². The summed E-state index contributed by atoms with van der Waals surface area (Å²) < 4.78 is 5.08. The highest BCUT2D eigenvalue weighted by atomic mass is 35.5. The van der Waals surface area contributed by atoms with Crippen molar-refractivity contribution in [2.75, 3.05) is 11.9 Å². The van der Waals surface area contributed by atoms with E-state index in [2.05, 4.69) is 5.32 Å². The van der Waals surface area contributed by atoms with Crippen LogP contribution in [0.2, 0.25) is 5.02 Å². The third-order valence-electron chi connectivity index (χ3n) is 2.99. The van der Waals surface area contributed by atoms with Crippen molar-refractivity contribution < 1.29 is 14.3 Å². The lowest BCUT2D eigenvalue weighted by molar-refractivity contribution is -0.114. The van der Waals surface area contributed by atoms with Crippen LogP contribution in [-0.4, -0.2) is 18.5 Å². The van der Waals surface area contributed by atoms with E-state index in [1.54, 1.807) is 37.3 Å². The van der Waals surface area contributed by atoms with Crippen LogP contribution in [0.25, 0.3) is 11.1 Å². The highest BCUT2D eigenvalue weighted by Gasteiger charge is 2.15. The van der Waals surface area contributed by atoms with Gasteiger partial charge in [0.15, 0.2) is 0 Å². The smallest absolute Gasteiger partial charge is 0.338 e. The lowest BCUT2D eigenvalue weighted by Crippen LogP contribution is -2.09. The van der Waals surface area contributed by atoms with E-state index in [1.807, 2.05) is 12.1 Å². The number of hydrogen-bond acceptors (Lipinski definition) is 3. The van der Waals surface area contributed by atoms with Crippen LogP contribution < -0.4 is 5.32 Å². The normalized spacial score (nSPS) is 10.1. The second kappa shape index (κ2) is 7.09. The SMILES string of the molecule is CCOC(=O)c1ccc(NC(C)=O)cc1-c1ccc(Cl)cc1. The zero-order valence-electron chi connectivity index (χ0n) is 12.4. The molecule has 1 amide bonds. The van der Waals surface area contributed by atoms with Gasteiger partial charge in [0.05, 0.1) is 12.2 Å². The second-order valence-electron chi connectivity index (χ2n) is 4.67. The van der Waals surface area contributed by atoms with Gasteiger partial charge in [-0.05, 0) is 48.4 Å². The molecule has 114 valence electrons. The lowest BCUT2D eigenvalue weighted by atomic mass is 9.99. The fourth-order valence-electron chi connectivity index (χ4n) is 2.08. The molecule has 0 aliphatic carbocycles. The summed E-state index contributed by atoms with van der Waals surface area (Å²) in [5, 5.41) is 3.32. The van der Waals surface area contributed by atoms with Gasteiger partial charge in [0.1, 0.15) is 0 Å². The quantitative estimate of drug-likeness (QED) is 0.862. The third kappa shape index (κ3) is 3.86. The number of benzene rings is 2. The predicted molar refractivity (Wildman–Crippen MR) is 87.1 cm³/mol. The minimum absolute atomic E-state index is 0.175. The Bertz CT molecular complexity index is 696. The molecule has 0 unspecified atom stereocenters. The molecule has 0 saturated heterocycles. The summed E-state index contributed by atoms with van der Waals surface area (Å²) in [4.78, 5) is 23.3. The van der Waals surface area contributed by atoms with Crippen LogP contribution in [0, 0.1) is 0 Å². The molecule has 0 atom stereocenters. The molecule has 4 nitrogen and oxygen atoms in total. The Hall–Kier alpha value is -2.33. The maximum absolute atomic E-state index is 12.1. The van der Waals surface area contributed by atoms with E-state index < -0.39 is 5.97 Å². The largest absolute Gasteiger partial charge is 0.462 e. The number of carbonyl (C=O) groups excluding carboxylic acids is 2. The molecular formula is C17H16ClNO3. The third-order valence-corrected chi connectivity index (χ3v) is 3.24. The summed E-state index contributed by atoms with van der Waals surface area (Å²) in [6, 6.07) is 12.2. The molecule has 0 heterocycles. The number of anilines is 1. The fourth-order valence-corrected chi connectivity index (χ4v) is 2.21. The number of nitrogens with one attached hydrogen (secondary N) is 1. The van der Waals surface area contributed by atoms with Gasteiger partial charge in [-0.15, -0.1) is 0 Å². The second-order valence-corrected chi connectivity index (χ2v) is 5.11. The van der Waals surface area contributed by atoms with Crippen molar-refractivity contribution in [3.05, 3.63) is 53.1 Å². The maximum Gasteiger partial charge on any atom is 0.338 e. The zero-order valence-corrected chi connectivity index (χ0v) is 13.1. The monoisotopic (exact) mass is 317 g/mol. The van der Waals surface area contributed by atoms with E-state index in [1.165, 1.54) is 6.92 Å². The highest BCUT2D eigenvalue weighted by Crippen LogP contribution is 2.29. The molecular weight excluding hydrogens is 302 g/mol. The Kier molecular flexibility index (Phi) is 5.17. The summed E-state index contributed by atoms with van der Waals surface area (Å²) in [6.07, 6.45) is 0. The zero-order chi connectivity index (χ0) is 16.1. The number of esters is 1. The first-order valence-corrected chi connectivity index (χ1v) is 7.23. The number of carbonyl (C=O) groups is 2. The lowest BCUT2D eigenvalue weighted by Gasteiger charge is -2.12. The first kappa shape index (κ1) is 16.0. The van der Waals surface area contributed by atoms with Crippen LogP contribution in [-0.2, 0) is 9.53 Å². The average Bonchev–Trinajstić information content (AvgIpc) is 2.47. The van der Waals surface area contributed by atoms with Crippen LogP contribution in [0.3, 0.4) is 0 Å². The van der Waals surface area contributed by atoms with Gasteiger partial charge in [0, 0.05) is 17.6 Å². The Morgan fingerprint density at radius 1 is 1.14 bits per heavy atom. The van der Waals surface area contributed by atoms with Crippen LogP contribution in [0.5, 0.6) is 0 Å². The average molecular weight is 318 g/mol. The van der Waals surface area contributed by atoms with E-state index in [0.29, 0.717) is 28.4 Å². The fraction of sp³-hybridized carbons (Fsp3) is 0.176. The first-order chi connectivity index (χ1) is 10.5. The molecule has 0 aromatic heterocycles. The van der Waals surface area contributed by atoms with Gasteiger partial charge in [0.25, 0.3) is 0 Å². The Labute approximate surface area is 134 Å². The van der Waals surface area contributed by atoms with Crippen LogP contribution >= 0.6 is 11.6 Å². The van der Waals surface area contributed by atoms with Gasteiger partial charge in [-0.3, -0.25) is 4.79 Å². The van der Waals surface area contributed by atoms with Crippen molar-refractivity contribution in [3.63, 3.8) is 0 Å². The summed E-state index contributed by atoms with van der Waals surface area (Å²) in [5.41, 5.74) is 2.56. The van der Waals surface area contributed by atoms with E-state index >= 15 is 0 Å². The number of rotatable bonds is 4. The van der Waals surface area contributed by atoms with Crippen LogP contribution in [0.15, 0.2) is 42.5 Å². The van der Waals surface area contributed by atoms with Crippen molar-refractivity contribution in [3.8, 4) is 11.1 Å². The Morgan fingerprint density at radius 3 is 2.41 bits per heavy atom. The number of ether oxygens (including phenoxy) is 1. The molecule has 2 aromatic carbocycles. The van der Waals surface area contributed by atoms with Crippen molar-refractivity contribution >= 4 is 29.2 Å². The van der Waals surface area contributed by atoms with Gasteiger partial charge >= 0.3 is 5.97 Å². The topological polar surface area (TPSA) is 55.4 Å². The minimum Gasteiger partial charge on any atom is -0.462 e. The van der Waals surface area contributed by atoms with Gasteiger partial charge in [0.2, 0.25) is 5.91 Å². The molecule has 2 rings (SSSR count). The predicted octanol–water partition coefficient (Wildman–Crippen LogP) is 4.14. The van der Waals surface area contributed by atoms with E-state index in [0.717, 1.165) is 5.56 Å². The molecule has 0 spiro atoms. The number of hydrogen-bond donors (Lipinski definition) is 1. The molecule has 0 fully saturated rings.